The fourth-order valence-electron chi connectivity index (χ4n) is 1.71. The second-order valence-corrected chi connectivity index (χ2v) is 5.03. The molecule has 0 aliphatic rings. The number of hydrogen-bond donors (Lipinski definition) is 0. The Morgan fingerprint density at radius 3 is 2.48 bits per heavy atom. The summed E-state index contributed by atoms with van der Waals surface area (Å²) in [7, 11) is 1.60. The number of alkyl halides is 1. The highest BCUT2D eigenvalue weighted by molar-refractivity contribution is 6.30. The van der Waals surface area contributed by atoms with Crippen molar-refractivity contribution in [1.82, 2.24) is 4.90 Å². The molecule has 0 aromatic heterocycles. The molecule has 0 fully saturated rings. The third-order valence-electron chi connectivity index (χ3n) is 2.83. The quantitative estimate of drug-likeness (QED) is 0.692. The third kappa shape index (κ3) is 5.92. The van der Waals surface area contributed by atoms with Crippen molar-refractivity contribution < 1.29 is 14.3 Å². The molecule has 1 rings (SSSR count). The molecule has 0 aliphatic carbocycles. The molecule has 0 spiro atoms. The largest absolute Gasteiger partial charge is 0.497 e. The van der Waals surface area contributed by atoms with Crippen LogP contribution in [-0.2, 0) is 4.79 Å². The van der Waals surface area contributed by atoms with Gasteiger partial charge in [0.25, 0.3) is 0 Å². The Morgan fingerprint density at radius 2 is 1.95 bits per heavy atom. The van der Waals surface area contributed by atoms with E-state index in [1.807, 2.05) is 6.07 Å². The zero-order valence-corrected chi connectivity index (χ0v) is 13.0. The molecule has 0 N–H and O–H groups in total. The molecule has 6 heteroatoms. The van der Waals surface area contributed by atoms with Gasteiger partial charge in [-0.2, -0.15) is 5.26 Å². The highest BCUT2D eigenvalue weighted by Crippen LogP contribution is 2.17. The number of rotatable bonds is 8. The van der Waals surface area contributed by atoms with Gasteiger partial charge in [-0.3, -0.25) is 4.79 Å². The van der Waals surface area contributed by atoms with Crippen molar-refractivity contribution in [2.75, 3.05) is 26.8 Å². The van der Waals surface area contributed by atoms with E-state index in [9.17, 15) is 4.79 Å². The van der Waals surface area contributed by atoms with Crippen LogP contribution < -0.4 is 9.47 Å². The van der Waals surface area contributed by atoms with Crippen LogP contribution in [0.15, 0.2) is 24.3 Å². The number of ether oxygens (including phenoxy) is 2. The lowest BCUT2D eigenvalue weighted by Gasteiger charge is -2.22. The van der Waals surface area contributed by atoms with E-state index in [1.54, 1.807) is 43.2 Å². The van der Waals surface area contributed by atoms with Crippen LogP contribution in [0, 0.1) is 11.3 Å². The first-order valence-electron chi connectivity index (χ1n) is 6.65. The minimum Gasteiger partial charge on any atom is -0.497 e. The van der Waals surface area contributed by atoms with Crippen molar-refractivity contribution in [1.29, 1.82) is 5.26 Å². The van der Waals surface area contributed by atoms with Gasteiger partial charge in [0, 0.05) is 6.54 Å². The Kier molecular flexibility index (Phi) is 7.41. The van der Waals surface area contributed by atoms with Crippen LogP contribution >= 0.6 is 11.6 Å². The molecular weight excluding hydrogens is 292 g/mol. The summed E-state index contributed by atoms with van der Waals surface area (Å²) < 4.78 is 10.6. The highest BCUT2D eigenvalue weighted by atomic mass is 35.5. The number of halogens is 1. The second-order valence-electron chi connectivity index (χ2n) is 4.37. The van der Waals surface area contributed by atoms with Crippen molar-refractivity contribution in [2.45, 2.75) is 18.7 Å². The standard InChI is InChI=1S/C15H19ClN2O3/c1-12(16)15(19)18(9-3-8-17)10-11-21-14-6-4-13(20-2)5-7-14/h4-7,12H,3,9-11H2,1-2H3. The Bertz CT molecular complexity index is 483. The summed E-state index contributed by atoms with van der Waals surface area (Å²) in [6.07, 6.45) is 0.276. The molecule has 1 aromatic rings. The van der Waals surface area contributed by atoms with E-state index in [1.165, 1.54) is 0 Å². The molecule has 0 aliphatic heterocycles. The normalized spacial score (nSPS) is 11.3. The molecule has 0 saturated heterocycles. The highest BCUT2D eigenvalue weighted by Gasteiger charge is 2.18. The summed E-state index contributed by atoms with van der Waals surface area (Å²) in [5, 5.41) is 8.02. The molecule has 114 valence electrons. The molecule has 1 atom stereocenters. The van der Waals surface area contributed by atoms with Crippen molar-refractivity contribution >= 4 is 17.5 Å². The number of nitrogens with zero attached hydrogens (tertiary/aromatic N) is 2. The Hall–Kier alpha value is -1.93. The molecule has 1 aromatic carbocycles. The number of benzene rings is 1. The molecule has 21 heavy (non-hydrogen) atoms. The Balaban J connectivity index is 2.48. The first kappa shape index (κ1) is 17.1. The van der Waals surface area contributed by atoms with Crippen molar-refractivity contribution in [3.05, 3.63) is 24.3 Å². The van der Waals surface area contributed by atoms with Crippen molar-refractivity contribution in [3.63, 3.8) is 0 Å². The smallest absolute Gasteiger partial charge is 0.240 e. The summed E-state index contributed by atoms with van der Waals surface area (Å²) in [6, 6.07) is 9.21. The van der Waals surface area contributed by atoms with E-state index in [0.717, 1.165) is 5.75 Å². The van der Waals surface area contributed by atoms with Gasteiger partial charge in [-0.25, -0.2) is 0 Å². The minimum atomic E-state index is -0.607. The van der Waals surface area contributed by atoms with Crippen LogP contribution in [0.1, 0.15) is 13.3 Å². The first-order chi connectivity index (χ1) is 10.1. The molecule has 1 amide bonds. The van der Waals surface area contributed by atoms with E-state index < -0.39 is 5.38 Å². The lowest BCUT2D eigenvalue weighted by atomic mass is 10.3. The van der Waals surface area contributed by atoms with E-state index in [-0.39, 0.29) is 12.3 Å². The second kappa shape index (κ2) is 9.09. The Morgan fingerprint density at radius 1 is 1.33 bits per heavy atom. The zero-order chi connectivity index (χ0) is 15.7. The first-order valence-corrected chi connectivity index (χ1v) is 7.08. The molecule has 5 nitrogen and oxygen atoms in total. The average molecular weight is 311 g/mol. The monoisotopic (exact) mass is 310 g/mol. The summed E-state index contributed by atoms with van der Waals surface area (Å²) in [4.78, 5) is 13.4. The predicted molar refractivity (Wildman–Crippen MR) is 80.6 cm³/mol. The third-order valence-corrected chi connectivity index (χ3v) is 3.02. The number of carbonyl (C=O) groups is 1. The van der Waals surface area contributed by atoms with Crippen molar-refractivity contribution in [3.8, 4) is 17.6 Å². The van der Waals surface area contributed by atoms with Crippen LogP contribution in [-0.4, -0.2) is 43.0 Å². The van der Waals surface area contributed by atoms with Gasteiger partial charge in [-0.1, -0.05) is 0 Å². The van der Waals surface area contributed by atoms with E-state index >= 15 is 0 Å². The minimum absolute atomic E-state index is 0.190. The number of hydrogen-bond acceptors (Lipinski definition) is 4. The number of methoxy groups -OCH3 is 1. The average Bonchev–Trinajstić information content (AvgIpc) is 2.50. The van der Waals surface area contributed by atoms with Crippen LogP contribution in [0.4, 0.5) is 0 Å². The molecule has 0 radical (unpaired) electrons. The zero-order valence-electron chi connectivity index (χ0n) is 12.2. The lowest BCUT2D eigenvalue weighted by molar-refractivity contribution is -0.130. The summed E-state index contributed by atoms with van der Waals surface area (Å²) in [5.41, 5.74) is 0. The van der Waals surface area contributed by atoms with Gasteiger partial charge in [0.15, 0.2) is 0 Å². The van der Waals surface area contributed by atoms with E-state index in [0.29, 0.717) is 25.4 Å². The molecule has 0 saturated carbocycles. The molecule has 0 bridgehead atoms. The number of carbonyl (C=O) groups excluding carboxylic acids is 1. The van der Waals surface area contributed by atoms with Gasteiger partial charge < -0.3 is 14.4 Å². The molecule has 1 unspecified atom stereocenters. The van der Waals surface area contributed by atoms with E-state index in [2.05, 4.69) is 0 Å². The maximum Gasteiger partial charge on any atom is 0.240 e. The topological polar surface area (TPSA) is 62.6 Å². The molecular formula is C15H19ClN2O3. The maximum atomic E-state index is 11.9. The van der Waals surface area contributed by atoms with Gasteiger partial charge in [0.05, 0.1) is 26.1 Å². The number of nitriles is 1. The van der Waals surface area contributed by atoms with Gasteiger partial charge in [-0.15, -0.1) is 11.6 Å². The van der Waals surface area contributed by atoms with Crippen LogP contribution in [0.5, 0.6) is 11.5 Å². The fourth-order valence-corrected chi connectivity index (χ4v) is 1.85. The summed E-state index contributed by atoms with van der Waals surface area (Å²) in [6.45, 7) is 2.71. The molecule has 0 heterocycles. The van der Waals surface area contributed by atoms with Gasteiger partial charge in [-0.05, 0) is 31.2 Å². The van der Waals surface area contributed by atoms with Crippen molar-refractivity contribution in [2.24, 2.45) is 0 Å². The summed E-state index contributed by atoms with van der Waals surface area (Å²) >= 11 is 5.80. The summed E-state index contributed by atoms with van der Waals surface area (Å²) in [5.74, 6) is 1.26. The van der Waals surface area contributed by atoms with Gasteiger partial charge in [0.2, 0.25) is 5.91 Å². The SMILES string of the molecule is COc1ccc(OCCN(CCC#N)C(=O)C(C)Cl)cc1. The Labute approximate surface area is 130 Å². The van der Waals surface area contributed by atoms with Gasteiger partial charge in [0.1, 0.15) is 23.5 Å². The fraction of sp³-hybridized carbons (Fsp3) is 0.467. The van der Waals surface area contributed by atoms with Crippen LogP contribution in [0.25, 0.3) is 0 Å². The van der Waals surface area contributed by atoms with Crippen LogP contribution in [0.2, 0.25) is 0 Å². The maximum absolute atomic E-state index is 11.9. The van der Waals surface area contributed by atoms with Gasteiger partial charge >= 0.3 is 0 Å². The number of amides is 1. The van der Waals surface area contributed by atoms with Crippen LogP contribution in [0.3, 0.4) is 0 Å². The van der Waals surface area contributed by atoms with E-state index in [4.69, 9.17) is 26.3 Å². The lowest BCUT2D eigenvalue weighted by Crippen LogP contribution is -2.39. The predicted octanol–water partition coefficient (Wildman–Crippen LogP) is 2.44.